The summed E-state index contributed by atoms with van der Waals surface area (Å²) >= 11 is 1.53. The minimum absolute atomic E-state index is 0.546. The number of ether oxygens (including phenoxy) is 1. The van der Waals surface area contributed by atoms with Gasteiger partial charge in [-0.3, -0.25) is 15.2 Å². The largest absolute Gasteiger partial charge is 0.379 e. The number of nitrogens with two attached hydrogens (primary N) is 1. The van der Waals surface area contributed by atoms with E-state index in [4.69, 9.17) is 15.7 Å². The van der Waals surface area contributed by atoms with Crippen LogP contribution in [0.3, 0.4) is 0 Å². The molecule has 25 heavy (non-hydrogen) atoms. The van der Waals surface area contributed by atoms with Crippen LogP contribution in [0, 0.1) is 18.4 Å². The summed E-state index contributed by atoms with van der Waals surface area (Å²) in [7, 11) is 0. The lowest BCUT2D eigenvalue weighted by Crippen LogP contribution is -2.39. The first-order valence-electron chi connectivity index (χ1n) is 8.64. The summed E-state index contributed by atoms with van der Waals surface area (Å²) in [6.07, 6.45) is 4.74. The normalized spacial score (nSPS) is 15.8. The molecule has 2 heterocycles. The quantitative estimate of drug-likeness (QED) is 0.204. The van der Waals surface area contributed by atoms with Gasteiger partial charge in [0.25, 0.3) is 0 Å². The van der Waals surface area contributed by atoms with E-state index in [0.29, 0.717) is 17.6 Å². The van der Waals surface area contributed by atoms with Gasteiger partial charge in [0.1, 0.15) is 0 Å². The Morgan fingerprint density at radius 1 is 1.44 bits per heavy atom. The molecule has 0 bridgehead atoms. The first-order chi connectivity index (χ1) is 12.2. The third-order valence-electron chi connectivity index (χ3n) is 3.96. The molecule has 138 valence electrons. The number of nitrogens with one attached hydrogen (secondary N) is 2. The zero-order valence-corrected chi connectivity index (χ0v) is 15.6. The number of morpholine rings is 1. The summed E-state index contributed by atoms with van der Waals surface area (Å²) in [6.45, 7) is 8.08. The standard InChI is InChI=1S/C16H27N7OS/c1-13-14(25-15(18)22-13)4-2-5-19-16(21-12-17)20-6-3-7-23-8-10-24-11-9-23/h2-11H2,1H3,(H2,18,22)(H2,19,20,21). The number of guanidine groups is 1. The maximum atomic E-state index is 8.85. The molecule has 8 nitrogen and oxygen atoms in total. The van der Waals surface area contributed by atoms with Crippen LogP contribution in [-0.4, -0.2) is 61.8 Å². The van der Waals surface area contributed by atoms with Crippen molar-refractivity contribution in [3.8, 4) is 6.19 Å². The van der Waals surface area contributed by atoms with E-state index >= 15 is 0 Å². The Balaban J connectivity index is 1.65. The number of rotatable bonds is 8. The topological polar surface area (TPSA) is 112 Å². The molecule has 9 heteroatoms. The highest BCUT2D eigenvalue weighted by Crippen LogP contribution is 2.20. The number of nitrogen functional groups attached to an aromatic ring is 1. The SMILES string of the molecule is Cc1nc(N)sc1CCCN=C(NC#N)NCCCN1CCOCC1. The van der Waals surface area contributed by atoms with Crippen molar-refractivity contribution in [3.63, 3.8) is 0 Å². The molecular weight excluding hydrogens is 338 g/mol. The van der Waals surface area contributed by atoms with E-state index in [0.717, 1.165) is 64.3 Å². The second-order valence-electron chi connectivity index (χ2n) is 5.87. The van der Waals surface area contributed by atoms with Gasteiger partial charge >= 0.3 is 0 Å². The van der Waals surface area contributed by atoms with Crippen LogP contribution < -0.4 is 16.4 Å². The van der Waals surface area contributed by atoms with Gasteiger partial charge in [0.2, 0.25) is 5.96 Å². The molecule has 0 amide bonds. The lowest BCUT2D eigenvalue weighted by atomic mass is 10.2. The number of anilines is 1. The van der Waals surface area contributed by atoms with Crippen LogP contribution >= 0.6 is 11.3 Å². The molecule has 0 spiro atoms. The third kappa shape index (κ3) is 7.25. The number of thiazole rings is 1. The third-order valence-corrected chi connectivity index (χ3v) is 5.01. The summed E-state index contributed by atoms with van der Waals surface area (Å²) < 4.78 is 5.34. The van der Waals surface area contributed by atoms with E-state index in [1.807, 2.05) is 13.1 Å². The van der Waals surface area contributed by atoms with E-state index in [1.54, 1.807) is 0 Å². The smallest absolute Gasteiger partial charge is 0.204 e. The zero-order valence-electron chi connectivity index (χ0n) is 14.8. The summed E-state index contributed by atoms with van der Waals surface area (Å²) in [5, 5.41) is 15.3. The highest BCUT2D eigenvalue weighted by molar-refractivity contribution is 7.15. The van der Waals surface area contributed by atoms with Gasteiger partial charge < -0.3 is 15.8 Å². The van der Waals surface area contributed by atoms with Gasteiger partial charge in [0.15, 0.2) is 11.3 Å². The molecule has 1 aliphatic rings. The molecule has 0 radical (unpaired) electrons. The fourth-order valence-corrected chi connectivity index (χ4v) is 3.51. The van der Waals surface area contributed by atoms with Crippen LogP contribution in [0.4, 0.5) is 5.13 Å². The molecule has 1 aromatic rings. The fraction of sp³-hybridized carbons (Fsp3) is 0.688. The Morgan fingerprint density at radius 2 is 2.24 bits per heavy atom. The first kappa shape index (κ1) is 19.4. The number of aryl methyl sites for hydroxylation is 2. The molecule has 1 aromatic heterocycles. The number of nitrogens with zero attached hydrogens (tertiary/aromatic N) is 4. The fourth-order valence-electron chi connectivity index (χ4n) is 2.64. The van der Waals surface area contributed by atoms with Gasteiger partial charge in [-0.2, -0.15) is 5.26 Å². The molecule has 0 aliphatic carbocycles. The summed E-state index contributed by atoms with van der Waals surface area (Å²) in [4.78, 5) is 12.3. The predicted molar refractivity (Wildman–Crippen MR) is 101 cm³/mol. The van der Waals surface area contributed by atoms with Gasteiger partial charge in [-0.1, -0.05) is 0 Å². The highest BCUT2D eigenvalue weighted by atomic mass is 32.1. The molecule has 1 aliphatic heterocycles. The van der Waals surface area contributed by atoms with E-state index < -0.39 is 0 Å². The van der Waals surface area contributed by atoms with Crippen molar-refractivity contribution >= 4 is 22.4 Å². The minimum Gasteiger partial charge on any atom is -0.379 e. The van der Waals surface area contributed by atoms with Gasteiger partial charge in [-0.15, -0.1) is 11.3 Å². The van der Waals surface area contributed by atoms with E-state index in [9.17, 15) is 0 Å². The molecule has 0 atom stereocenters. The average Bonchev–Trinajstić information content (AvgIpc) is 2.93. The minimum atomic E-state index is 0.546. The Labute approximate surface area is 153 Å². The van der Waals surface area contributed by atoms with Crippen molar-refractivity contribution in [2.24, 2.45) is 4.99 Å². The first-order valence-corrected chi connectivity index (χ1v) is 9.46. The maximum Gasteiger partial charge on any atom is 0.204 e. The van der Waals surface area contributed by atoms with Crippen LogP contribution in [0.5, 0.6) is 0 Å². The second-order valence-corrected chi connectivity index (χ2v) is 6.98. The van der Waals surface area contributed by atoms with E-state index in [2.05, 4.69) is 25.5 Å². The van der Waals surface area contributed by atoms with Crippen molar-refractivity contribution in [2.45, 2.75) is 26.2 Å². The number of nitriles is 1. The van der Waals surface area contributed by atoms with Gasteiger partial charge in [0, 0.05) is 31.1 Å². The molecule has 4 N–H and O–H groups in total. The zero-order chi connectivity index (χ0) is 17.9. The Hall–Kier alpha value is -1.89. The lowest BCUT2D eigenvalue weighted by molar-refractivity contribution is 0.0376. The highest BCUT2D eigenvalue weighted by Gasteiger charge is 2.09. The summed E-state index contributed by atoms with van der Waals surface area (Å²) in [6, 6.07) is 0. The molecule has 0 aromatic carbocycles. The monoisotopic (exact) mass is 365 g/mol. The molecule has 2 rings (SSSR count). The van der Waals surface area contributed by atoms with Gasteiger partial charge in [0.05, 0.1) is 18.9 Å². The molecule has 1 saturated heterocycles. The van der Waals surface area contributed by atoms with Crippen LogP contribution in [0.25, 0.3) is 0 Å². The van der Waals surface area contributed by atoms with Crippen LogP contribution in [0.2, 0.25) is 0 Å². The number of hydrogen-bond donors (Lipinski definition) is 3. The average molecular weight is 366 g/mol. The second kappa shape index (κ2) is 10.9. The predicted octanol–water partition coefficient (Wildman–Crippen LogP) is 0.705. The molecule has 1 fully saturated rings. The number of aliphatic imine (C=N–C) groups is 1. The maximum absolute atomic E-state index is 8.85. The van der Waals surface area contributed by atoms with Crippen molar-refractivity contribution in [1.29, 1.82) is 5.26 Å². The number of aromatic nitrogens is 1. The van der Waals surface area contributed by atoms with Crippen LogP contribution in [0.15, 0.2) is 4.99 Å². The molecule has 0 unspecified atom stereocenters. The van der Waals surface area contributed by atoms with Gasteiger partial charge in [-0.25, -0.2) is 4.98 Å². The summed E-state index contributed by atoms with van der Waals surface area (Å²) in [5.41, 5.74) is 6.71. The molecular formula is C16H27N7OS. The van der Waals surface area contributed by atoms with Crippen LogP contribution in [-0.2, 0) is 11.2 Å². The Kier molecular flexibility index (Phi) is 8.45. The van der Waals surface area contributed by atoms with E-state index in [1.165, 1.54) is 16.2 Å². The van der Waals surface area contributed by atoms with E-state index in [-0.39, 0.29) is 0 Å². The van der Waals surface area contributed by atoms with Crippen molar-refractivity contribution < 1.29 is 4.74 Å². The van der Waals surface area contributed by atoms with Crippen molar-refractivity contribution in [3.05, 3.63) is 10.6 Å². The van der Waals surface area contributed by atoms with Gasteiger partial charge in [-0.05, 0) is 32.7 Å². The van der Waals surface area contributed by atoms with Crippen molar-refractivity contribution in [1.82, 2.24) is 20.5 Å². The molecule has 0 saturated carbocycles. The van der Waals surface area contributed by atoms with Crippen molar-refractivity contribution in [2.75, 3.05) is 51.7 Å². The Morgan fingerprint density at radius 3 is 2.92 bits per heavy atom. The Bertz CT molecular complexity index is 590. The lowest BCUT2D eigenvalue weighted by Gasteiger charge is -2.26. The van der Waals surface area contributed by atoms with Crippen LogP contribution in [0.1, 0.15) is 23.4 Å². The number of hydrogen-bond acceptors (Lipinski definition) is 7. The summed E-state index contributed by atoms with van der Waals surface area (Å²) in [5.74, 6) is 0.546.